The van der Waals surface area contributed by atoms with Gasteiger partial charge < -0.3 is 10.2 Å². The molecule has 0 spiro atoms. The minimum absolute atomic E-state index is 0.199. The number of carboxylic acids is 1. The van der Waals surface area contributed by atoms with Crippen molar-refractivity contribution in [1.29, 1.82) is 0 Å². The van der Waals surface area contributed by atoms with E-state index in [1.807, 2.05) is 36.4 Å². The van der Waals surface area contributed by atoms with Crippen molar-refractivity contribution in [3.05, 3.63) is 131 Å². The van der Waals surface area contributed by atoms with Crippen molar-refractivity contribution in [2.75, 3.05) is 0 Å². The van der Waals surface area contributed by atoms with Gasteiger partial charge in [0.1, 0.15) is 0 Å². The lowest BCUT2D eigenvalue weighted by Crippen LogP contribution is -2.43. The normalized spacial score (nSPS) is 11.3. The van der Waals surface area contributed by atoms with Crippen molar-refractivity contribution in [1.82, 2.24) is 5.43 Å². The predicted molar refractivity (Wildman–Crippen MR) is 130 cm³/mol. The molecule has 0 heterocycles. The second-order valence-electron chi connectivity index (χ2n) is 7.65. The van der Waals surface area contributed by atoms with E-state index in [1.165, 1.54) is 12.3 Å². The van der Waals surface area contributed by atoms with Crippen LogP contribution in [0, 0.1) is 0 Å². The molecule has 0 radical (unpaired) electrons. The van der Waals surface area contributed by atoms with E-state index >= 15 is 0 Å². The van der Waals surface area contributed by atoms with E-state index in [4.69, 9.17) is 0 Å². The van der Waals surface area contributed by atoms with Gasteiger partial charge in [-0.25, -0.2) is 10.2 Å². The second kappa shape index (κ2) is 9.94. The number of carbonyl (C=O) groups excluding carboxylic acids is 1. The first-order chi connectivity index (χ1) is 16.5. The standard InChI is InChI=1S/C28H22N2O4/c31-26(32)23-12-8-11-22(18-23)21-10-7-9-20(17-21)19-29-30-27(33)28(34,24-13-3-1-4-14-24)25-15-5-2-6-16-25/h1-19,34H,(H,30,33)(H,31,32)/b29-19+. The molecule has 6 heteroatoms. The molecule has 0 saturated heterocycles. The van der Waals surface area contributed by atoms with Crippen molar-refractivity contribution in [3.63, 3.8) is 0 Å². The van der Waals surface area contributed by atoms with E-state index in [2.05, 4.69) is 10.5 Å². The number of hydrogen-bond donors (Lipinski definition) is 3. The van der Waals surface area contributed by atoms with E-state index < -0.39 is 17.5 Å². The molecule has 0 saturated carbocycles. The van der Waals surface area contributed by atoms with Crippen molar-refractivity contribution < 1.29 is 19.8 Å². The van der Waals surface area contributed by atoms with Gasteiger partial charge in [0.15, 0.2) is 5.60 Å². The fourth-order valence-electron chi connectivity index (χ4n) is 3.66. The lowest BCUT2D eigenvalue weighted by Gasteiger charge is -2.27. The number of nitrogens with one attached hydrogen (secondary N) is 1. The Hall–Kier alpha value is -4.55. The lowest BCUT2D eigenvalue weighted by atomic mass is 9.85. The van der Waals surface area contributed by atoms with E-state index in [1.54, 1.807) is 66.7 Å². The van der Waals surface area contributed by atoms with Gasteiger partial charge >= 0.3 is 5.97 Å². The number of aromatic carboxylic acids is 1. The van der Waals surface area contributed by atoms with Crippen LogP contribution in [0.4, 0.5) is 0 Å². The Balaban J connectivity index is 1.57. The van der Waals surface area contributed by atoms with Gasteiger partial charge in [-0.1, -0.05) is 91.0 Å². The molecule has 4 aromatic rings. The Morgan fingerprint density at radius 2 is 1.29 bits per heavy atom. The number of aliphatic hydroxyl groups is 1. The maximum Gasteiger partial charge on any atom is 0.335 e. The number of hydrogen-bond acceptors (Lipinski definition) is 4. The molecule has 0 unspecified atom stereocenters. The first kappa shape index (κ1) is 22.6. The summed E-state index contributed by atoms with van der Waals surface area (Å²) in [5, 5.41) is 24.7. The zero-order chi connectivity index (χ0) is 24.0. The Kier molecular flexibility index (Phi) is 6.62. The smallest absolute Gasteiger partial charge is 0.335 e. The highest BCUT2D eigenvalue weighted by Crippen LogP contribution is 2.30. The van der Waals surface area contributed by atoms with Gasteiger partial charge in [-0.05, 0) is 46.0 Å². The largest absolute Gasteiger partial charge is 0.478 e. The summed E-state index contributed by atoms with van der Waals surface area (Å²) in [4.78, 5) is 24.4. The predicted octanol–water partition coefficient (Wildman–Crippen LogP) is 4.44. The van der Waals surface area contributed by atoms with Crippen LogP contribution in [-0.4, -0.2) is 28.3 Å². The number of benzene rings is 4. The van der Waals surface area contributed by atoms with Crippen LogP contribution in [0.1, 0.15) is 27.0 Å². The number of hydrazone groups is 1. The van der Waals surface area contributed by atoms with Crippen molar-refractivity contribution >= 4 is 18.1 Å². The maximum atomic E-state index is 13.1. The Morgan fingerprint density at radius 1 is 0.735 bits per heavy atom. The quantitative estimate of drug-likeness (QED) is 0.286. The van der Waals surface area contributed by atoms with Gasteiger partial charge in [0.05, 0.1) is 11.8 Å². The Bertz CT molecular complexity index is 1300. The lowest BCUT2D eigenvalue weighted by molar-refractivity contribution is -0.136. The summed E-state index contributed by atoms with van der Waals surface area (Å²) in [5.41, 5.74) is 3.84. The van der Waals surface area contributed by atoms with Crippen molar-refractivity contribution in [2.24, 2.45) is 5.10 Å². The number of nitrogens with zero attached hydrogens (tertiary/aromatic N) is 1. The summed E-state index contributed by atoms with van der Waals surface area (Å²) in [5.74, 6) is -1.68. The Labute approximate surface area is 196 Å². The van der Waals surface area contributed by atoms with Crippen LogP contribution in [-0.2, 0) is 10.4 Å². The first-order valence-corrected chi connectivity index (χ1v) is 10.6. The highest BCUT2D eigenvalue weighted by Gasteiger charge is 2.39. The molecule has 0 aliphatic heterocycles. The average molecular weight is 450 g/mol. The highest BCUT2D eigenvalue weighted by molar-refractivity contribution is 5.92. The monoisotopic (exact) mass is 450 g/mol. The van der Waals surface area contributed by atoms with Crippen LogP contribution >= 0.6 is 0 Å². The minimum Gasteiger partial charge on any atom is -0.478 e. The summed E-state index contributed by atoms with van der Waals surface area (Å²) in [6.45, 7) is 0. The first-order valence-electron chi connectivity index (χ1n) is 10.6. The molecular formula is C28H22N2O4. The zero-order valence-corrected chi connectivity index (χ0v) is 18.1. The van der Waals surface area contributed by atoms with Crippen molar-refractivity contribution in [2.45, 2.75) is 5.60 Å². The van der Waals surface area contributed by atoms with Gasteiger partial charge in [0.2, 0.25) is 0 Å². The van der Waals surface area contributed by atoms with Crippen LogP contribution in [0.2, 0.25) is 0 Å². The van der Waals surface area contributed by atoms with Gasteiger partial charge in [0, 0.05) is 0 Å². The number of carbonyl (C=O) groups is 2. The Morgan fingerprint density at radius 3 is 1.88 bits per heavy atom. The van der Waals surface area contributed by atoms with Gasteiger partial charge in [-0.3, -0.25) is 4.79 Å². The second-order valence-corrected chi connectivity index (χ2v) is 7.65. The molecule has 0 aliphatic carbocycles. The summed E-state index contributed by atoms with van der Waals surface area (Å²) in [6, 6.07) is 31.3. The summed E-state index contributed by atoms with van der Waals surface area (Å²) >= 11 is 0. The van der Waals surface area contributed by atoms with Crippen LogP contribution in [0.5, 0.6) is 0 Å². The molecule has 3 N–H and O–H groups in total. The molecule has 6 nitrogen and oxygen atoms in total. The van der Waals surface area contributed by atoms with Gasteiger partial charge in [-0.2, -0.15) is 5.10 Å². The minimum atomic E-state index is -1.92. The van der Waals surface area contributed by atoms with Crippen molar-refractivity contribution in [3.8, 4) is 11.1 Å². The van der Waals surface area contributed by atoms with Crippen LogP contribution in [0.3, 0.4) is 0 Å². The molecule has 0 bridgehead atoms. The average Bonchev–Trinajstić information content (AvgIpc) is 2.89. The van der Waals surface area contributed by atoms with Gasteiger partial charge in [-0.15, -0.1) is 0 Å². The molecule has 0 atom stereocenters. The summed E-state index contributed by atoms with van der Waals surface area (Å²) in [7, 11) is 0. The molecule has 1 amide bonds. The van der Waals surface area contributed by atoms with E-state index in [0.29, 0.717) is 16.7 Å². The van der Waals surface area contributed by atoms with Crippen LogP contribution in [0.15, 0.2) is 114 Å². The zero-order valence-electron chi connectivity index (χ0n) is 18.1. The molecule has 4 rings (SSSR count). The SMILES string of the molecule is O=C(O)c1cccc(-c2cccc(/C=N/NC(=O)C(O)(c3ccccc3)c3ccccc3)c2)c1. The topological polar surface area (TPSA) is 99.0 Å². The van der Waals surface area contributed by atoms with E-state index in [-0.39, 0.29) is 5.56 Å². The number of rotatable bonds is 7. The van der Waals surface area contributed by atoms with Crippen LogP contribution in [0.25, 0.3) is 11.1 Å². The summed E-state index contributed by atoms with van der Waals surface area (Å²) in [6.07, 6.45) is 1.47. The third kappa shape index (κ3) is 4.77. The molecule has 0 fully saturated rings. The number of carboxylic acid groups (broad SMARTS) is 1. The third-order valence-electron chi connectivity index (χ3n) is 5.42. The molecule has 4 aromatic carbocycles. The third-order valence-corrected chi connectivity index (χ3v) is 5.42. The molecule has 0 aliphatic rings. The fraction of sp³-hybridized carbons (Fsp3) is 0.0357. The molecule has 0 aromatic heterocycles. The molecule has 168 valence electrons. The van der Waals surface area contributed by atoms with Gasteiger partial charge in [0.25, 0.3) is 5.91 Å². The number of amides is 1. The molecule has 34 heavy (non-hydrogen) atoms. The summed E-state index contributed by atoms with van der Waals surface area (Å²) < 4.78 is 0. The highest BCUT2D eigenvalue weighted by atomic mass is 16.4. The van der Waals surface area contributed by atoms with E-state index in [0.717, 1.165) is 11.1 Å². The molecular weight excluding hydrogens is 428 g/mol. The van der Waals surface area contributed by atoms with Crippen LogP contribution < -0.4 is 5.43 Å². The van der Waals surface area contributed by atoms with E-state index in [9.17, 15) is 19.8 Å². The maximum absolute atomic E-state index is 13.1. The fourth-order valence-corrected chi connectivity index (χ4v) is 3.66.